The number of halogens is 4. The van der Waals surface area contributed by atoms with E-state index in [1.165, 1.54) is 36.8 Å². The van der Waals surface area contributed by atoms with Gasteiger partial charge < -0.3 is 10.1 Å². The minimum Gasteiger partial charge on any atom is -0.482 e. The highest BCUT2D eigenvalue weighted by Gasteiger charge is 2.29. The van der Waals surface area contributed by atoms with Crippen molar-refractivity contribution in [3.63, 3.8) is 0 Å². The van der Waals surface area contributed by atoms with Crippen molar-refractivity contribution in [3.05, 3.63) is 47.5 Å². The number of aromatic nitrogens is 2. The Bertz CT molecular complexity index is 680. The minimum atomic E-state index is -4.48. The molecule has 0 aliphatic rings. The zero-order valence-electron chi connectivity index (χ0n) is 10.9. The summed E-state index contributed by atoms with van der Waals surface area (Å²) in [6, 6.07) is 3.96. The standard InChI is InChI=1S/C13H9ClF3N3O2/c14-11-5-8(1-4-19-11)12(21)20-9-6-18-3-2-10(9)22-7-13(15,16)17/h1-6H,7H2,(H,20,21). The van der Waals surface area contributed by atoms with Crippen molar-refractivity contribution in [2.75, 3.05) is 11.9 Å². The van der Waals surface area contributed by atoms with Crippen molar-refractivity contribution in [1.29, 1.82) is 0 Å². The van der Waals surface area contributed by atoms with Gasteiger partial charge >= 0.3 is 6.18 Å². The molecule has 0 aromatic carbocycles. The van der Waals surface area contributed by atoms with E-state index in [-0.39, 0.29) is 22.2 Å². The average Bonchev–Trinajstić information content (AvgIpc) is 2.45. The van der Waals surface area contributed by atoms with Crippen molar-refractivity contribution in [1.82, 2.24) is 9.97 Å². The Hall–Kier alpha value is -2.35. The molecule has 0 saturated carbocycles. The Morgan fingerprint density at radius 1 is 1.32 bits per heavy atom. The van der Waals surface area contributed by atoms with E-state index in [2.05, 4.69) is 20.0 Å². The number of hydrogen-bond acceptors (Lipinski definition) is 4. The lowest BCUT2D eigenvalue weighted by Gasteiger charge is -2.13. The number of hydrogen-bond donors (Lipinski definition) is 1. The van der Waals surface area contributed by atoms with Crippen molar-refractivity contribution >= 4 is 23.2 Å². The lowest BCUT2D eigenvalue weighted by molar-refractivity contribution is -0.153. The molecule has 0 fully saturated rings. The summed E-state index contributed by atoms with van der Waals surface area (Å²) < 4.78 is 41.2. The van der Waals surface area contributed by atoms with Crippen LogP contribution in [0.2, 0.25) is 5.15 Å². The van der Waals surface area contributed by atoms with Crippen molar-refractivity contribution < 1.29 is 22.7 Å². The molecular weight excluding hydrogens is 323 g/mol. The van der Waals surface area contributed by atoms with Gasteiger partial charge in [0.2, 0.25) is 0 Å². The predicted molar refractivity (Wildman–Crippen MR) is 73.0 cm³/mol. The molecule has 0 spiro atoms. The highest BCUT2D eigenvalue weighted by Crippen LogP contribution is 2.26. The van der Waals surface area contributed by atoms with Gasteiger partial charge in [0.15, 0.2) is 6.61 Å². The Balaban J connectivity index is 2.14. The van der Waals surface area contributed by atoms with Gasteiger partial charge in [-0.25, -0.2) is 4.98 Å². The number of carbonyl (C=O) groups excluding carboxylic acids is 1. The van der Waals surface area contributed by atoms with Crippen molar-refractivity contribution in [2.45, 2.75) is 6.18 Å². The number of carbonyl (C=O) groups is 1. The summed E-state index contributed by atoms with van der Waals surface area (Å²) in [5.41, 5.74) is 0.218. The van der Waals surface area contributed by atoms with Crippen LogP contribution in [0.4, 0.5) is 18.9 Å². The van der Waals surface area contributed by atoms with Crippen molar-refractivity contribution in [2.24, 2.45) is 0 Å². The first kappa shape index (κ1) is 16.0. The first-order valence-corrected chi connectivity index (χ1v) is 6.29. The van der Waals surface area contributed by atoms with E-state index in [1.54, 1.807) is 0 Å². The number of nitrogens with zero attached hydrogens (tertiary/aromatic N) is 2. The second kappa shape index (κ2) is 6.61. The molecule has 0 atom stereocenters. The lowest BCUT2D eigenvalue weighted by Crippen LogP contribution is -2.20. The molecule has 116 valence electrons. The molecule has 2 aromatic heterocycles. The SMILES string of the molecule is O=C(Nc1cnccc1OCC(F)(F)F)c1ccnc(Cl)c1. The number of pyridine rings is 2. The number of amides is 1. The first-order chi connectivity index (χ1) is 10.3. The van der Waals surface area contributed by atoms with Gasteiger partial charge in [-0.1, -0.05) is 11.6 Å². The van der Waals surface area contributed by atoms with E-state index < -0.39 is 18.7 Å². The smallest absolute Gasteiger partial charge is 0.422 e. The molecule has 9 heteroatoms. The van der Waals surface area contributed by atoms with E-state index >= 15 is 0 Å². The molecule has 0 saturated heterocycles. The largest absolute Gasteiger partial charge is 0.482 e. The Morgan fingerprint density at radius 3 is 2.77 bits per heavy atom. The van der Waals surface area contributed by atoms with Gasteiger partial charge in [0.1, 0.15) is 16.6 Å². The highest BCUT2D eigenvalue weighted by atomic mass is 35.5. The number of rotatable bonds is 4. The zero-order valence-corrected chi connectivity index (χ0v) is 11.6. The van der Waals surface area contributed by atoms with Crippen LogP contribution in [0.15, 0.2) is 36.8 Å². The van der Waals surface area contributed by atoms with Crippen LogP contribution < -0.4 is 10.1 Å². The Kier molecular flexibility index (Phi) is 4.81. The molecular formula is C13H9ClF3N3O2. The van der Waals surface area contributed by atoms with E-state index in [9.17, 15) is 18.0 Å². The summed E-state index contributed by atoms with van der Waals surface area (Å²) in [4.78, 5) is 19.5. The summed E-state index contributed by atoms with van der Waals surface area (Å²) >= 11 is 5.67. The molecule has 1 amide bonds. The van der Waals surface area contributed by atoms with Crippen LogP contribution in [-0.2, 0) is 0 Å². The summed E-state index contributed by atoms with van der Waals surface area (Å²) in [6.45, 7) is -1.47. The molecule has 0 radical (unpaired) electrons. The molecule has 0 aliphatic heterocycles. The fourth-order valence-corrected chi connectivity index (χ4v) is 1.67. The van der Waals surface area contributed by atoms with Gasteiger partial charge in [-0.2, -0.15) is 13.2 Å². The first-order valence-electron chi connectivity index (χ1n) is 5.91. The maximum atomic E-state index is 12.2. The van der Waals surface area contributed by atoms with Gasteiger partial charge in [-0.3, -0.25) is 9.78 Å². The molecule has 5 nitrogen and oxygen atoms in total. The van der Waals surface area contributed by atoms with E-state index in [0.29, 0.717) is 0 Å². The summed E-state index contributed by atoms with van der Waals surface area (Å²) in [7, 11) is 0. The fraction of sp³-hybridized carbons (Fsp3) is 0.154. The average molecular weight is 332 g/mol. The van der Waals surface area contributed by atoms with Crippen LogP contribution in [0, 0.1) is 0 Å². The third-order valence-corrected chi connectivity index (χ3v) is 2.62. The molecule has 0 bridgehead atoms. The van der Waals surface area contributed by atoms with E-state index in [0.717, 1.165) is 0 Å². The van der Waals surface area contributed by atoms with Gasteiger partial charge in [0, 0.05) is 24.0 Å². The molecule has 0 aliphatic carbocycles. The highest BCUT2D eigenvalue weighted by molar-refractivity contribution is 6.29. The van der Waals surface area contributed by atoms with Crippen LogP contribution in [0.25, 0.3) is 0 Å². The molecule has 2 aromatic rings. The van der Waals surface area contributed by atoms with Gasteiger partial charge in [0.25, 0.3) is 5.91 Å². The van der Waals surface area contributed by atoms with Gasteiger partial charge in [0.05, 0.1) is 6.20 Å². The second-order valence-electron chi connectivity index (χ2n) is 4.10. The molecule has 22 heavy (non-hydrogen) atoms. The van der Waals surface area contributed by atoms with E-state index in [4.69, 9.17) is 11.6 Å². The van der Waals surface area contributed by atoms with Crippen LogP contribution in [-0.4, -0.2) is 28.7 Å². The van der Waals surface area contributed by atoms with Crippen LogP contribution in [0.5, 0.6) is 5.75 Å². The van der Waals surface area contributed by atoms with Crippen LogP contribution >= 0.6 is 11.6 Å². The topological polar surface area (TPSA) is 64.1 Å². The van der Waals surface area contributed by atoms with Crippen LogP contribution in [0.1, 0.15) is 10.4 Å². The maximum absolute atomic E-state index is 12.2. The predicted octanol–water partition coefficient (Wildman–Crippen LogP) is 3.32. The van der Waals surface area contributed by atoms with E-state index in [1.807, 2.05) is 0 Å². The third-order valence-electron chi connectivity index (χ3n) is 2.41. The monoisotopic (exact) mass is 331 g/mol. The number of alkyl halides is 3. The van der Waals surface area contributed by atoms with Gasteiger partial charge in [-0.15, -0.1) is 0 Å². The summed E-state index contributed by atoms with van der Waals surface area (Å²) in [5, 5.41) is 2.53. The molecule has 2 heterocycles. The number of anilines is 1. The zero-order chi connectivity index (χ0) is 16.2. The molecule has 1 N–H and O–H groups in total. The molecule has 2 rings (SSSR count). The van der Waals surface area contributed by atoms with Crippen LogP contribution in [0.3, 0.4) is 0 Å². The quantitative estimate of drug-likeness (QED) is 0.873. The lowest BCUT2D eigenvalue weighted by atomic mass is 10.2. The summed E-state index contributed by atoms with van der Waals surface area (Å²) in [5.74, 6) is -0.713. The fourth-order valence-electron chi connectivity index (χ4n) is 1.50. The maximum Gasteiger partial charge on any atom is 0.422 e. The minimum absolute atomic E-state index is 0.0182. The summed E-state index contributed by atoms with van der Waals surface area (Å²) in [6.07, 6.45) is -0.707. The molecule has 0 unspecified atom stereocenters. The third kappa shape index (κ3) is 4.59. The Labute approximate surface area is 128 Å². The number of nitrogens with one attached hydrogen (secondary N) is 1. The Morgan fingerprint density at radius 2 is 2.09 bits per heavy atom. The number of ether oxygens (including phenoxy) is 1. The normalized spacial score (nSPS) is 11.1. The second-order valence-corrected chi connectivity index (χ2v) is 4.48. The van der Waals surface area contributed by atoms with Crippen molar-refractivity contribution in [3.8, 4) is 5.75 Å². The van der Waals surface area contributed by atoms with Gasteiger partial charge in [-0.05, 0) is 12.1 Å².